The number of carbonyl (C=O) groups is 2. The summed E-state index contributed by atoms with van der Waals surface area (Å²) in [7, 11) is 1.77. The molecule has 0 saturated heterocycles. The summed E-state index contributed by atoms with van der Waals surface area (Å²) in [4.78, 5) is 43.8. The molecule has 8 nitrogen and oxygen atoms in total. The molecule has 0 aliphatic rings. The Morgan fingerprint density at radius 1 is 0.769 bits per heavy atom. The lowest BCUT2D eigenvalue weighted by Gasteiger charge is -2.07. The Kier molecular flexibility index (Phi) is 6.59. The molecule has 0 unspecified atom stereocenters. The Hall–Kier alpha value is -2.14. The third-order valence-electron chi connectivity index (χ3n) is 3.00. The zero-order valence-electron chi connectivity index (χ0n) is 12.4. The van der Waals surface area contributed by atoms with Crippen LogP contribution >= 0.6 is 44.8 Å². The van der Waals surface area contributed by atoms with Crippen LogP contribution in [0.4, 0.5) is 11.4 Å². The Bertz CT molecular complexity index is 862. The number of halogens is 2. The molecule has 0 aliphatic heterocycles. The van der Waals surface area contributed by atoms with E-state index in [0.29, 0.717) is 0 Å². The van der Waals surface area contributed by atoms with Gasteiger partial charge in [-0.15, -0.1) is 0 Å². The zero-order valence-corrected chi connectivity index (χ0v) is 15.5. The highest BCUT2D eigenvalue weighted by Crippen LogP contribution is 2.43. The highest BCUT2D eigenvalue weighted by atomic mass is 35.5. The summed E-state index contributed by atoms with van der Waals surface area (Å²) in [5.41, 5.74) is -0.470. The molecule has 0 spiro atoms. The summed E-state index contributed by atoms with van der Waals surface area (Å²) in [6.07, 6.45) is 0. The van der Waals surface area contributed by atoms with Gasteiger partial charge in [-0.2, -0.15) is 0 Å². The average Bonchev–Trinajstić information content (AvgIpc) is 2.58. The van der Waals surface area contributed by atoms with Crippen LogP contribution in [-0.4, -0.2) is 20.3 Å². The van der Waals surface area contributed by atoms with Crippen molar-refractivity contribution in [1.29, 1.82) is 0 Å². The normalized spacial score (nSPS) is 10.4. The van der Waals surface area contributed by atoms with Gasteiger partial charge in [0.15, 0.2) is 0 Å². The molecule has 0 bridgehead atoms. The van der Waals surface area contributed by atoms with E-state index < -0.39 is 20.3 Å². The van der Waals surface area contributed by atoms with Crippen LogP contribution in [0.5, 0.6) is 0 Å². The number of benzene rings is 2. The number of rotatable bonds is 7. The van der Waals surface area contributed by atoms with Gasteiger partial charge in [0.05, 0.1) is 9.85 Å². The number of nitrogens with zero attached hydrogens (tertiary/aromatic N) is 2. The second-order valence-electron chi connectivity index (χ2n) is 4.59. The molecule has 0 atom stereocenters. The molecule has 0 heterocycles. The first-order valence-corrected chi connectivity index (χ1v) is 9.42. The summed E-state index contributed by atoms with van der Waals surface area (Å²) in [5.74, 6) is 0. The Labute approximate surface area is 163 Å². The molecule has 2 aromatic carbocycles. The van der Waals surface area contributed by atoms with E-state index in [9.17, 15) is 29.8 Å². The van der Waals surface area contributed by atoms with Crippen LogP contribution in [0.3, 0.4) is 0 Å². The summed E-state index contributed by atoms with van der Waals surface area (Å²) < 4.78 is 0. The molecular weight excluding hydrogens is 427 g/mol. The van der Waals surface area contributed by atoms with E-state index in [4.69, 9.17) is 23.2 Å². The van der Waals surface area contributed by atoms with Crippen LogP contribution in [0.2, 0.25) is 0 Å². The van der Waals surface area contributed by atoms with Crippen molar-refractivity contribution in [3.05, 3.63) is 67.8 Å². The molecule has 12 heteroatoms. The Morgan fingerprint density at radius 3 is 1.38 bits per heavy atom. The predicted molar refractivity (Wildman–Crippen MR) is 98.3 cm³/mol. The third-order valence-corrected chi connectivity index (χ3v) is 5.85. The fourth-order valence-electron chi connectivity index (χ4n) is 1.80. The maximum Gasteiger partial charge on any atom is 0.270 e. The van der Waals surface area contributed by atoms with E-state index in [2.05, 4.69) is 0 Å². The summed E-state index contributed by atoms with van der Waals surface area (Å²) >= 11 is 10.9. The van der Waals surface area contributed by atoms with Crippen LogP contribution in [0.15, 0.2) is 46.2 Å². The van der Waals surface area contributed by atoms with Gasteiger partial charge in [0.2, 0.25) is 0 Å². The van der Waals surface area contributed by atoms with Crippen molar-refractivity contribution in [2.24, 2.45) is 0 Å². The Balaban J connectivity index is 2.41. The first kappa shape index (κ1) is 20.2. The summed E-state index contributed by atoms with van der Waals surface area (Å²) in [6, 6.07) is 6.96. The van der Waals surface area contributed by atoms with Gasteiger partial charge in [0.25, 0.3) is 21.9 Å². The van der Waals surface area contributed by atoms with E-state index in [1.165, 1.54) is 12.1 Å². The van der Waals surface area contributed by atoms with E-state index in [-0.39, 0.29) is 32.3 Å². The van der Waals surface area contributed by atoms with Gasteiger partial charge in [-0.25, -0.2) is 0 Å². The topological polar surface area (TPSA) is 120 Å². The van der Waals surface area contributed by atoms with Gasteiger partial charge in [-0.3, -0.25) is 29.8 Å². The van der Waals surface area contributed by atoms with Crippen molar-refractivity contribution in [2.45, 2.75) is 9.79 Å². The van der Waals surface area contributed by atoms with Gasteiger partial charge in [-0.05, 0) is 35.3 Å². The van der Waals surface area contributed by atoms with Crippen molar-refractivity contribution in [1.82, 2.24) is 0 Å². The first-order valence-electron chi connectivity index (χ1n) is 6.51. The van der Waals surface area contributed by atoms with E-state index in [1.807, 2.05) is 0 Å². The van der Waals surface area contributed by atoms with Crippen LogP contribution in [0.1, 0.15) is 20.7 Å². The standard InChI is InChI=1S/C14H6Cl2N2O6S2/c15-13(19)9-3-1-7(17(21)22)5-11(9)25-26-12-6-8(18(23)24)2-4-10(12)14(16)20/h1-6H. The molecule has 134 valence electrons. The molecule has 2 rings (SSSR count). The zero-order chi connectivity index (χ0) is 19.4. The van der Waals surface area contributed by atoms with E-state index in [0.717, 1.165) is 45.9 Å². The minimum absolute atomic E-state index is 0.0268. The van der Waals surface area contributed by atoms with Crippen molar-refractivity contribution in [2.75, 3.05) is 0 Å². The largest absolute Gasteiger partial charge is 0.276 e. The second kappa shape index (κ2) is 8.49. The summed E-state index contributed by atoms with van der Waals surface area (Å²) in [6.45, 7) is 0. The maximum atomic E-state index is 11.5. The molecule has 26 heavy (non-hydrogen) atoms. The van der Waals surface area contributed by atoms with Gasteiger partial charge < -0.3 is 0 Å². The third kappa shape index (κ3) is 4.73. The number of nitro benzene ring substituents is 2. The minimum atomic E-state index is -0.823. The highest BCUT2D eigenvalue weighted by molar-refractivity contribution is 8.76. The van der Waals surface area contributed by atoms with Crippen LogP contribution in [0, 0.1) is 20.2 Å². The highest BCUT2D eigenvalue weighted by Gasteiger charge is 2.19. The quantitative estimate of drug-likeness (QED) is 0.257. The van der Waals surface area contributed by atoms with Crippen molar-refractivity contribution in [3.63, 3.8) is 0 Å². The number of carbonyl (C=O) groups excluding carboxylic acids is 2. The van der Waals surface area contributed by atoms with Crippen LogP contribution < -0.4 is 0 Å². The molecule has 0 fully saturated rings. The van der Waals surface area contributed by atoms with Crippen molar-refractivity contribution >= 4 is 66.6 Å². The molecule has 0 radical (unpaired) electrons. The smallest absolute Gasteiger partial charge is 0.270 e. The SMILES string of the molecule is O=C(Cl)c1ccc([N+](=O)[O-])cc1SSc1cc([N+](=O)[O-])ccc1C(=O)Cl. The lowest BCUT2D eigenvalue weighted by Crippen LogP contribution is -1.96. The van der Waals surface area contributed by atoms with E-state index in [1.54, 1.807) is 0 Å². The minimum Gasteiger partial charge on any atom is -0.276 e. The van der Waals surface area contributed by atoms with Gasteiger partial charge in [0, 0.05) is 45.2 Å². The number of hydrogen-bond donors (Lipinski definition) is 0. The molecular formula is C14H6Cl2N2O6S2. The van der Waals surface area contributed by atoms with E-state index >= 15 is 0 Å². The second-order valence-corrected chi connectivity index (χ2v) is 7.49. The molecule has 0 saturated carbocycles. The molecule has 0 aromatic heterocycles. The summed E-state index contributed by atoms with van der Waals surface area (Å²) in [5, 5.41) is 20.2. The first-order chi connectivity index (χ1) is 12.2. The average molecular weight is 433 g/mol. The molecule has 2 aromatic rings. The fraction of sp³-hybridized carbons (Fsp3) is 0. The number of non-ortho nitro benzene ring substituents is 2. The number of hydrogen-bond acceptors (Lipinski definition) is 8. The molecule has 0 N–H and O–H groups in total. The van der Waals surface area contributed by atoms with Gasteiger partial charge in [0.1, 0.15) is 0 Å². The predicted octanol–water partition coefficient (Wildman–Crippen LogP) is 5.06. The number of nitro groups is 2. The van der Waals surface area contributed by atoms with Gasteiger partial charge in [-0.1, -0.05) is 21.6 Å². The molecule has 0 amide bonds. The monoisotopic (exact) mass is 432 g/mol. The van der Waals surface area contributed by atoms with Crippen LogP contribution in [-0.2, 0) is 0 Å². The van der Waals surface area contributed by atoms with Crippen LogP contribution in [0.25, 0.3) is 0 Å². The van der Waals surface area contributed by atoms with Crippen molar-refractivity contribution < 1.29 is 19.4 Å². The molecule has 0 aliphatic carbocycles. The van der Waals surface area contributed by atoms with Gasteiger partial charge >= 0.3 is 0 Å². The lowest BCUT2D eigenvalue weighted by molar-refractivity contribution is -0.385. The Morgan fingerprint density at radius 2 is 1.12 bits per heavy atom. The van der Waals surface area contributed by atoms with Crippen molar-refractivity contribution in [3.8, 4) is 0 Å². The lowest BCUT2D eigenvalue weighted by atomic mass is 10.2. The fourth-order valence-corrected chi connectivity index (χ4v) is 4.63. The maximum absolute atomic E-state index is 11.5.